The number of aromatic nitrogens is 4. The molecule has 2 saturated carbocycles. The maximum absolute atomic E-state index is 14.8. The number of hydrogen-bond donors (Lipinski definition) is 3. The minimum Gasteiger partial charge on any atom is -0.369 e. The second-order valence-electron chi connectivity index (χ2n) is 9.45. The number of nitriles is 1. The van der Waals surface area contributed by atoms with Gasteiger partial charge in [0, 0.05) is 12.6 Å². The predicted molar refractivity (Wildman–Crippen MR) is 131 cm³/mol. The number of imidazole rings is 1. The van der Waals surface area contributed by atoms with Gasteiger partial charge in [-0.05, 0) is 44.2 Å². The zero-order valence-corrected chi connectivity index (χ0v) is 19.9. The average molecular weight is 497 g/mol. The number of nitrogens with one attached hydrogen (secondary N) is 2. The van der Waals surface area contributed by atoms with Gasteiger partial charge in [0.1, 0.15) is 11.3 Å². The van der Waals surface area contributed by atoms with Gasteiger partial charge in [0.25, 0.3) is 0 Å². The number of amides is 1. The van der Waals surface area contributed by atoms with Gasteiger partial charge in [0.05, 0.1) is 34.0 Å². The summed E-state index contributed by atoms with van der Waals surface area (Å²) in [5.74, 6) is -0.302. The Morgan fingerprint density at radius 3 is 2.66 bits per heavy atom. The zero-order chi connectivity index (χ0) is 24.6. The van der Waals surface area contributed by atoms with Crippen LogP contribution in [0.5, 0.6) is 0 Å². The van der Waals surface area contributed by atoms with E-state index in [9.17, 15) is 9.18 Å². The van der Waals surface area contributed by atoms with E-state index in [1.165, 1.54) is 12.5 Å². The summed E-state index contributed by atoms with van der Waals surface area (Å²) in [4.78, 5) is 26.4. The van der Waals surface area contributed by atoms with Gasteiger partial charge >= 0.3 is 0 Å². The number of carbonyl (C=O) groups excluding carboxylic acids is 1. The standard InChI is InChI=1S/C24H26ClFN8O/c25-16-9-14(11-27)10-17(26)19(16)32-23-31-18-12-29-22(30-15-5-4-6-15)33-20(18)34(23)13-24(21(28)35)7-2-1-3-8-24/h9-10,12,15H,1-8,13H2,(H2,28,35)(H,31,32)(H,29,30,33). The first-order chi connectivity index (χ1) is 16.9. The van der Waals surface area contributed by atoms with Gasteiger partial charge in [-0.15, -0.1) is 0 Å². The van der Waals surface area contributed by atoms with E-state index in [1.807, 2.05) is 6.07 Å². The van der Waals surface area contributed by atoms with Crippen LogP contribution in [0, 0.1) is 22.6 Å². The molecule has 0 spiro atoms. The molecule has 2 fully saturated rings. The highest BCUT2D eigenvalue weighted by Gasteiger charge is 2.39. The molecule has 0 saturated heterocycles. The molecule has 2 heterocycles. The number of benzene rings is 1. The number of nitrogens with zero attached hydrogens (tertiary/aromatic N) is 5. The molecule has 182 valence electrons. The van der Waals surface area contributed by atoms with Crippen molar-refractivity contribution in [1.82, 2.24) is 19.5 Å². The highest BCUT2D eigenvalue weighted by atomic mass is 35.5. The molecule has 1 aromatic carbocycles. The highest BCUT2D eigenvalue weighted by Crippen LogP contribution is 2.40. The maximum Gasteiger partial charge on any atom is 0.225 e. The van der Waals surface area contributed by atoms with Gasteiger partial charge in [-0.1, -0.05) is 30.9 Å². The number of anilines is 3. The number of nitrogens with two attached hydrogens (primary N) is 1. The van der Waals surface area contributed by atoms with Crippen molar-refractivity contribution in [2.75, 3.05) is 10.6 Å². The summed E-state index contributed by atoms with van der Waals surface area (Å²) in [7, 11) is 0. The number of halogens is 2. The van der Waals surface area contributed by atoms with E-state index >= 15 is 0 Å². The fourth-order valence-corrected chi connectivity index (χ4v) is 5.11. The molecular formula is C24H26ClFN8O. The van der Waals surface area contributed by atoms with Gasteiger partial charge in [-0.2, -0.15) is 10.2 Å². The SMILES string of the molecule is N#Cc1cc(F)c(Nc2nc3cnc(NC4CCC4)nc3n2CC2(C(N)=O)CCCCC2)c(Cl)c1. The second kappa shape index (κ2) is 9.30. The van der Waals surface area contributed by atoms with E-state index in [4.69, 9.17) is 27.6 Å². The Kier molecular flexibility index (Phi) is 6.19. The first-order valence-electron chi connectivity index (χ1n) is 11.8. The predicted octanol–water partition coefficient (Wildman–Crippen LogP) is 4.63. The van der Waals surface area contributed by atoms with E-state index in [0.29, 0.717) is 36.0 Å². The molecule has 35 heavy (non-hydrogen) atoms. The van der Waals surface area contributed by atoms with Crippen LogP contribution in [0.3, 0.4) is 0 Å². The van der Waals surface area contributed by atoms with Gasteiger partial charge in [-0.3, -0.25) is 9.36 Å². The van der Waals surface area contributed by atoms with Crippen molar-refractivity contribution in [3.8, 4) is 6.07 Å². The van der Waals surface area contributed by atoms with Gasteiger partial charge < -0.3 is 16.4 Å². The highest BCUT2D eigenvalue weighted by molar-refractivity contribution is 6.33. The van der Waals surface area contributed by atoms with Crippen molar-refractivity contribution in [2.24, 2.45) is 11.1 Å². The maximum atomic E-state index is 14.8. The molecular weight excluding hydrogens is 471 g/mol. The zero-order valence-electron chi connectivity index (χ0n) is 19.2. The lowest BCUT2D eigenvalue weighted by Gasteiger charge is -2.35. The van der Waals surface area contributed by atoms with Crippen LogP contribution in [0.1, 0.15) is 56.9 Å². The Labute approximate surface area is 206 Å². The third-order valence-corrected chi connectivity index (χ3v) is 7.43. The minimum absolute atomic E-state index is 0.0141. The summed E-state index contributed by atoms with van der Waals surface area (Å²) in [6.45, 7) is 0.247. The third-order valence-electron chi connectivity index (χ3n) is 7.13. The molecule has 9 nitrogen and oxygen atoms in total. The summed E-state index contributed by atoms with van der Waals surface area (Å²) >= 11 is 6.29. The van der Waals surface area contributed by atoms with E-state index < -0.39 is 11.2 Å². The van der Waals surface area contributed by atoms with E-state index in [1.54, 1.807) is 10.8 Å². The number of hydrogen-bond acceptors (Lipinski definition) is 7. The number of fused-ring (bicyclic) bond motifs is 1. The number of rotatable bonds is 7. The summed E-state index contributed by atoms with van der Waals surface area (Å²) in [6.07, 6.45) is 9.08. The molecule has 0 aliphatic heterocycles. The average Bonchev–Trinajstić information content (AvgIpc) is 3.15. The lowest BCUT2D eigenvalue weighted by molar-refractivity contribution is -0.130. The molecule has 3 aromatic rings. The normalized spacial score (nSPS) is 17.5. The van der Waals surface area contributed by atoms with E-state index in [2.05, 4.69) is 20.6 Å². The van der Waals surface area contributed by atoms with Crippen molar-refractivity contribution in [1.29, 1.82) is 5.26 Å². The summed E-state index contributed by atoms with van der Waals surface area (Å²) in [5.41, 5.74) is 6.26. The minimum atomic E-state index is -0.762. The molecule has 0 unspecified atom stereocenters. The van der Waals surface area contributed by atoms with Crippen molar-refractivity contribution < 1.29 is 9.18 Å². The Hall–Kier alpha value is -3.45. The number of primary amides is 1. The van der Waals surface area contributed by atoms with Gasteiger partial charge in [0.15, 0.2) is 5.65 Å². The monoisotopic (exact) mass is 496 g/mol. The lowest BCUT2D eigenvalue weighted by Crippen LogP contribution is -2.42. The lowest BCUT2D eigenvalue weighted by atomic mass is 9.73. The first-order valence-corrected chi connectivity index (χ1v) is 12.2. The largest absolute Gasteiger partial charge is 0.369 e. The van der Waals surface area contributed by atoms with Crippen LogP contribution >= 0.6 is 11.6 Å². The van der Waals surface area contributed by atoms with Crippen LogP contribution in [-0.4, -0.2) is 31.5 Å². The fraction of sp³-hybridized carbons (Fsp3) is 0.458. The summed E-state index contributed by atoms with van der Waals surface area (Å²) in [6, 6.07) is 4.71. The smallest absolute Gasteiger partial charge is 0.225 e. The Bertz CT molecular complexity index is 1300. The second-order valence-corrected chi connectivity index (χ2v) is 9.86. The number of carbonyl (C=O) groups is 1. The van der Waals surface area contributed by atoms with Crippen molar-refractivity contribution in [3.05, 3.63) is 34.7 Å². The van der Waals surface area contributed by atoms with Gasteiger partial charge in [-0.25, -0.2) is 14.4 Å². The van der Waals surface area contributed by atoms with E-state index in [-0.39, 0.29) is 34.7 Å². The Morgan fingerprint density at radius 2 is 2.03 bits per heavy atom. The van der Waals surface area contributed by atoms with Crippen LogP contribution in [0.25, 0.3) is 11.2 Å². The molecule has 1 amide bonds. The van der Waals surface area contributed by atoms with Crippen molar-refractivity contribution in [3.63, 3.8) is 0 Å². The Balaban J connectivity index is 1.59. The van der Waals surface area contributed by atoms with Crippen LogP contribution in [-0.2, 0) is 11.3 Å². The molecule has 2 aliphatic rings. The molecule has 0 atom stereocenters. The van der Waals surface area contributed by atoms with Crippen molar-refractivity contribution in [2.45, 2.75) is 64.0 Å². The van der Waals surface area contributed by atoms with Gasteiger partial charge in [0.2, 0.25) is 17.8 Å². The molecule has 2 aromatic heterocycles. The quantitative estimate of drug-likeness (QED) is 0.433. The Morgan fingerprint density at radius 1 is 1.26 bits per heavy atom. The third kappa shape index (κ3) is 4.48. The van der Waals surface area contributed by atoms with Crippen LogP contribution in [0.4, 0.5) is 22.0 Å². The molecule has 0 radical (unpaired) electrons. The summed E-state index contributed by atoms with van der Waals surface area (Å²) < 4.78 is 16.6. The van der Waals surface area contributed by atoms with Crippen LogP contribution in [0.15, 0.2) is 18.3 Å². The first kappa shape index (κ1) is 23.3. The van der Waals surface area contributed by atoms with Crippen LogP contribution in [0.2, 0.25) is 5.02 Å². The molecule has 2 aliphatic carbocycles. The van der Waals surface area contributed by atoms with Crippen LogP contribution < -0.4 is 16.4 Å². The molecule has 4 N–H and O–H groups in total. The van der Waals surface area contributed by atoms with Crippen molar-refractivity contribution >= 4 is 46.3 Å². The fourth-order valence-electron chi connectivity index (χ4n) is 4.85. The topological polar surface area (TPSA) is 135 Å². The molecule has 5 rings (SSSR count). The molecule has 0 bridgehead atoms. The summed E-state index contributed by atoms with van der Waals surface area (Å²) in [5, 5.41) is 15.5. The van der Waals surface area contributed by atoms with E-state index in [0.717, 1.165) is 38.2 Å². The molecule has 11 heteroatoms.